The Labute approximate surface area is 362 Å². The van der Waals surface area contributed by atoms with Gasteiger partial charge in [-0.1, -0.05) is 164 Å². The van der Waals surface area contributed by atoms with Crippen LogP contribution in [0.2, 0.25) is 0 Å². The van der Waals surface area contributed by atoms with Crippen molar-refractivity contribution in [2.45, 2.75) is 0 Å². The van der Waals surface area contributed by atoms with E-state index < -0.39 is 24.2 Å². The Morgan fingerprint density at radius 3 is 1.88 bits per heavy atom. The van der Waals surface area contributed by atoms with Crippen LogP contribution < -0.4 is 0 Å². The highest BCUT2D eigenvalue weighted by atomic mass is 32.1. The molecule has 0 aliphatic carbocycles. The summed E-state index contributed by atoms with van der Waals surface area (Å²) < 4.78 is 86.6. The molecule has 0 N–H and O–H groups in total. The van der Waals surface area contributed by atoms with Crippen LogP contribution in [0.1, 0.15) is 12.3 Å². The molecule has 0 amide bonds. The highest BCUT2D eigenvalue weighted by Crippen LogP contribution is 2.41. The zero-order valence-electron chi connectivity index (χ0n) is 40.5. The summed E-state index contributed by atoms with van der Waals surface area (Å²) in [6, 6.07) is 44.4. The highest BCUT2D eigenvalue weighted by Gasteiger charge is 2.18. The molecule has 9 aromatic carbocycles. The number of hydrogen-bond donors (Lipinski definition) is 0. The monoisotopic (exact) mass is 792 g/mol. The lowest BCUT2D eigenvalue weighted by atomic mass is 9.99. The lowest BCUT2D eigenvalue weighted by Gasteiger charge is -2.10. The van der Waals surface area contributed by atoms with Crippen molar-refractivity contribution in [3.05, 3.63) is 200 Å². The van der Waals surface area contributed by atoms with Crippen molar-refractivity contribution in [1.29, 1.82) is 0 Å². The van der Waals surface area contributed by atoms with Crippen molar-refractivity contribution in [2.75, 3.05) is 0 Å². The molecule has 12 aromatic rings. The Bertz CT molecular complexity index is 4120. The van der Waals surface area contributed by atoms with Gasteiger partial charge in [0, 0.05) is 47.6 Å². The van der Waals surface area contributed by atoms with Gasteiger partial charge in [0.25, 0.3) is 0 Å². The Morgan fingerprint density at radius 1 is 0.417 bits per heavy atom. The van der Waals surface area contributed by atoms with Crippen LogP contribution in [-0.2, 0) is 0 Å². The first-order valence-corrected chi connectivity index (χ1v) is 20.2. The van der Waals surface area contributed by atoms with Gasteiger partial charge in [0.05, 0.1) is 12.3 Å². The van der Waals surface area contributed by atoms with E-state index in [1.807, 2.05) is 103 Å². The SMILES string of the molecule is [2H]c1c(-c2ccc(-c3nc(-c4cccc(-c5ccccc5)c4)nc(-c4ccc5c(c4)oc4cccc(-c6ccccc6)c45)n3)cc2)c([2H])c2c(sc3c4c([2H])c([2H])c([2H])c([2H])c4c([2H])c([2H])c32)c1[2H]. The number of furan rings is 1. The summed E-state index contributed by atoms with van der Waals surface area (Å²) in [4.78, 5) is 15.1. The summed E-state index contributed by atoms with van der Waals surface area (Å²) >= 11 is 1.00. The first kappa shape index (κ1) is 26.3. The van der Waals surface area contributed by atoms with Crippen LogP contribution in [0.25, 0.3) is 120 Å². The van der Waals surface area contributed by atoms with E-state index >= 15 is 0 Å². The average Bonchev–Trinajstić information content (AvgIpc) is 3.98. The molecule has 5 heteroatoms. The molecule has 3 heterocycles. The van der Waals surface area contributed by atoms with E-state index in [2.05, 4.69) is 18.2 Å². The zero-order chi connectivity index (χ0) is 47.4. The van der Waals surface area contributed by atoms with Crippen LogP contribution in [0.4, 0.5) is 0 Å². The maximum absolute atomic E-state index is 9.52. The predicted molar refractivity (Wildman–Crippen MR) is 250 cm³/mol. The molecule has 280 valence electrons. The molecule has 0 bridgehead atoms. The van der Waals surface area contributed by atoms with Gasteiger partial charge in [-0.3, -0.25) is 0 Å². The average molecular weight is 793 g/mol. The summed E-state index contributed by atoms with van der Waals surface area (Å²) in [5, 5.41) is 2.28. The third-order valence-corrected chi connectivity index (χ3v) is 11.9. The molecule has 0 aliphatic rings. The molecule has 0 radical (unpaired) electrons. The second kappa shape index (κ2) is 14.0. The number of thiophene rings is 1. The first-order valence-electron chi connectivity index (χ1n) is 23.9. The largest absolute Gasteiger partial charge is 0.456 e. The fourth-order valence-corrected chi connectivity index (χ4v) is 8.97. The van der Waals surface area contributed by atoms with Gasteiger partial charge in [0.1, 0.15) is 11.2 Å². The van der Waals surface area contributed by atoms with Gasteiger partial charge in [-0.15, -0.1) is 11.3 Å². The molecule has 0 atom stereocenters. The van der Waals surface area contributed by atoms with E-state index in [9.17, 15) is 2.74 Å². The third-order valence-electron chi connectivity index (χ3n) is 10.8. The van der Waals surface area contributed by atoms with Gasteiger partial charge < -0.3 is 4.42 Å². The highest BCUT2D eigenvalue weighted by molar-refractivity contribution is 7.26. The summed E-state index contributed by atoms with van der Waals surface area (Å²) in [7, 11) is 0. The number of hydrogen-bond acceptors (Lipinski definition) is 5. The standard InChI is InChI=1S/C55H33N3OS/c1-3-11-34(12-4-1)39-16-9-17-41(31-39)54-56-53(57-55(58-54)42-26-29-46-49(33-42)59-48-20-10-19-43(51(46)48)36-13-5-2-6-14-36)38-23-21-35(22-24-38)40-27-30-50-47(32-40)45-28-25-37-15-7-8-18-44(37)52(45)60-50/h1-33H/i7D,8D,15D,18D,25D,27D,28D,30D,32D. The summed E-state index contributed by atoms with van der Waals surface area (Å²) in [5.41, 5.74) is 8.36. The van der Waals surface area contributed by atoms with Crippen LogP contribution in [0, 0.1) is 0 Å². The first-order chi connectivity index (χ1) is 33.5. The van der Waals surface area contributed by atoms with Gasteiger partial charge in [0.15, 0.2) is 17.5 Å². The van der Waals surface area contributed by atoms with Crippen molar-refractivity contribution >= 4 is 64.2 Å². The molecule has 12 rings (SSSR count). The Kier molecular flexibility index (Phi) is 6.13. The van der Waals surface area contributed by atoms with Crippen LogP contribution in [0.15, 0.2) is 204 Å². The minimum atomic E-state index is -0.508. The van der Waals surface area contributed by atoms with Crippen molar-refractivity contribution < 1.29 is 16.8 Å². The minimum Gasteiger partial charge on any atom is -0.456 e. The van der Waals surface area contributed by atoms with E-state index in [0.717, 1.165) is 55.5 Å². The van der Waals surface area contributed by atoms with Crippen LogP contribution in [0.3, 0.4) is 0 Å². The normalized spacial score (nSPS) is 13.8. The molecule has 4 nitrogen and oxygen atoms in total. The van der Waals surface area contributed by atoms with Gasteiger partial charge in [0.2, 0.25) is 0 Å². The van der Waals surface area contributed by atoms with E-state index in [1.54, 1.807) is 24.3 Å². The van der Waals surface area contributed by atoms with Crippen LogP contribution in [-0.4, -0.2) is 15.0 Å². The van der Waals surface area contributed by atoms with E-state index in [4.69, 9.17) is 29.0 Å². The summed E-state index contributed by atoms with van der Waals surface area (Å²) in [6.07, 6.45) is 0. The predicted octanol–water partition coefficient (Wildman–Crippen LogP) is 15.3. The van der Waals surface area contributed by atoms with Gasteiger partial charge >= 0.3 is 0 Å². The molecule has 0 unspecified atom stereocenters. The van der Waals surface area contributed by atoms with Crippen molar-refractivity contribution in [2.24, 2.45) is 0 Å². The zero-order valence-corrected chi connectivity index (χ0v) is 32.3. The Hall–Kier alpha value is -7.73. The lowest BCUT2D eigenvalue weighted by molar-refractivity contribution is 0.669. The fourth-order valence-electron chi connectivity index (χ4n) is 7.90. The molecular weight excluding hydrogens is 751 g/mol. The number of fused-ring (bicyclic) bond motifs is 8. The smallest absolute Gasteiger partial charge is 0.164 e. The topological polar surface area (TPSA) is 51.8 Å². The van der Waals surface area contributed by atoms with Crippen molar-refractivity contribution in [3.63, 3.8) is 0 Å². The van der Waals surface area contributed by atoms with Gasteiger partial charge in [-0.05, 0) is 80.5 Å². The third kappa shape index (κ3) is 5.86. The van der Waals surface area contributed by atoms with Crippen LogP contribution >= 0.6 is 11.3 Å². The number of benzene rings is 9. The number of aromatic nitrogens is 3. The number of rotatable bonds is 6. The quantitative estimate of drug-likeness (QED) is 0.168. The molecule has 0 aliphatic heterocycles. The fraction of sp³-hybridized carbons (Fsp3) is 0. The maximum atomic E-state index is 9.52. The van der Waals surface area contributed by atoms with E-state index in [0.29, 0.717) is 39.7 Å². The molecule has 3 aromatic heterocycles. The molecule has 0 saturated heterocycles. The van der Waals surface area contributed by atoms with E-state index in [-0.39, 0.29) is 66.7 Å². The molecule has 0 saturated carbocycles. The Balaban J connectivity index is 1.00. The molecule has 60 heavy (non-hydrogen) atoms. The second-order valence-corrected chi connectivity index (χ2v) is 15.5. The van der Waals surface area contributed by atoms with Crippen molar-refractivity contribution in [3.8, 4) is 67.5 Å². The van der Waals surface area contributed by atoms with Gasteiger partial charge in [-0.2, -0.15) is 0 Å². The second-order valence-electron chi connectivity index (χ2n) is 14.4. The maximum Gasteiger partial charge on any atom is 0.164 e. The summed E-state index contributed by atoms with van der Waals surface area (Å²) in [5.74, 6) is 1.24. The Morgan fingerprint density at radius 2 is 1.07 bits per heavy atom. The van der Waals surface area contributed by atoms with Crippen molar-refractivity contribution in [1.82, 2.24) is 15.0 Å². The number of nitrogens with zero attached hydrogens (tertiary/aromatic N) is 3. The summed E-state index contributed by atoms with van der Waals surface area (Å²) in [6.45, 7) is 0. The van der Waals surface area contributed by atoms with Crippen LogP contribution in [0.5, 0.6) is 0 Å². The minimum absolute atomic E-state index is 0.0621. The molecule has 0 spiro atoms. The lowest BCUT2D eigenvalue weighted by Crippen LogP contribution is -2.00. The van der Waals surface area contributed by atoms with E-state index in [1.165, 1.54) is 0 Å². The van der Waals surface area contributed by atoms with Gasteiger partial charge in [-0.25, -0.2) is 15.0 Å². The molecule has 0 fully saturated rings. The molecular formula is C55H33N3OS.